The number of fused-ring (bicyclic) bond motifs is 5. The third kappa shape index (κ3) is 2.97. The van der Waals surface area contributed by atoms with Gasteiger partial charge < -0.3 is 11.1 Å². The van der Waals surface area contributed by atoms with E-state index in [1.807, 2.05) is 6.92 Å². The number of carbonyl (C=O) groups is 2. The highest BCUT2D eigenvalue weighted by molar-refractivity contribution is 5.79. The zero-order valence-corrected chi connectivity index (χ0v) is 17.4. The lowest BCUT2D eigenvalue weighted by Gasteiger charge is -2.61. The van der Waals surface area contributed by atoms with Gasteiger partial charge in [0.1, 0.15) is 5.78 Å². The Balaban J connectivity index is 1.51. The second-order valence-corrected chi connectivity index (χ2v) is 10.7. The largest absolute Gasteiger partial charge is 0.352 e. The van der Waals surface area contributed by atoms with Crippen LogP contribution in [0, 0.1) is 40.4 Å². The first kappa shape index (κ1) is 19.4. The second-order valence-electron chi connectivity index (χ2n) is 10.7. The Kier molecular flexibility index (Phi) is 4.93. The molecule has 4 aliphatic carbocycles. The average molecular weight is 375 g/mol. The average Bonchev–Trinajstić information content (AvgIpc) is 2.99. The molecule has 0 bridgehead atoms. The third-order valence-corrected chi connectivity index (χ3v) is 9.71. The van der Waals surface area contributed by atoms with Gasteiger partial charge in [-0.1, -0.05) is 13.8 Å². The minimum absolute atomic E-state index is 0.00745. The molecule has 0 aliphatic heterocycles. The number of hydrogen-bond acceptors (Lipinski definition) is 3. The highest BCUT2D eigenvalue weighted by Crippen LogP contribution is 2.67. The molecule has 0 aromatic heterocycles. The van der Waals surface area contributed by atoms with Gasteiger partial charge in [0.05, 0.1) is 6.54 Å². The summed E-state index contributed by atoms with van der Waals surface area (Å²) >= 11 is 0. The molecule has 1 amide bonds. The maximum absolute atomic E-state index is 12.3. The van der Waals surface area contributed by atoms with Crippen LogP contribution in [0.4, 0.5) is 0 Å². The van der Waals surface area contributed by atoms with Crippen LogP contribution in [0.2, 0.25) is 0 Å². The van der Waals surface area contributed by atoms with Crippen LogP contribution >= 0.6 is 0 Å². The van der Waals surface area contributed by atoms with E-state index in [2.05, 4.69) is 19.2 Å². The summed E-state index contributed by atoms with van der Waals surface area (Å²) in [5.41, 5.74) is 6.16. The smallest absolute Gasteiger partial charge is 0.233 e. The fourth-order valence-electron chi connectivity index (χ4n) is 8.34. The van der Waals surface area contributed by atoms with Gasteiger partial charge in [-0.15, -0.1) is 0 Å². The van der Waals surface area contributed by atoms with Crippen molar-refractivity contribution in [3.8, 4) is 0 Å². The van der Waals surface area contributed by atoms with Crippen LogP contribution in [0.5, 0.6) is 0 Å². The van der Waals surface area contributed by atoms with Gasteiger partial charge in [0.2, 0.25) is 5.91 Å². The molecular weight excluding hydrogens is 336 g/mol. The SMILES string of the molecule is CC(=O)[C@H]1CCC2C3CC[C@H]4C[C@H](NC(=O)CN)CCC4(C)C3CCC21C. The lowest BCUT2D eigenvalue weighted by Crippen LogP contribution is -2.55. The van der Waals surface area contributed by atoms with Gasteiger partial charge in [0, 0.05) is 12.0 Å². The minimum atomic E-state index is -0.00745. The third-order valence-electron chi connectivity index (χ3n) is 9.71. The van der Waals surface area contributed by atoms with Crippen molar-refractivity contribution in [1.29, 1.82) is 0 Å². The van der Waals surface area contributed by atoms with Gasteiger partial charge in [-0.25, -0.2) is 0 Å². The van der Waals surface area contributed by atoms with Crippen molar-refractivity contribution >= 4 is 11.7 Å². The molecule has 4 nitrogen and oxygen atoms in total. The quantitative estimate of drug-likeness (QED) is 0.791. The molecule has 4 saturated carbocycles. The van der Waals surface area contributed by atoms with E-state index in [0.717, 1.165) is 42.9 Å². The Labute approximate surface area is 164 Å². The van der Waals surface area contributed by atoms with E-state index in [1.165, 1.54) is 38.5 Å². The van der Waals surface area contributed by atoms with Crippen LogP contribution < -0.4 is 11.1 Å². The number of nitrogens with one attached hydrogen (secondary N) is 1. The molecule has 0 spiro atoms. The van der Waals surface area contributed by atoms with Crippen molar-refractivity contribution < 1.29 is 9.59 Å². The summed E-state index contributed by atoms with van der Waals surface area (Å²) in [6, 6.07) is 0.318. The number of hydrogen-bond donors (Lipinski definition) is 2. The Morgan fingerprint density at radius 2 is 1.67 bits per heavy atom. The Hall–Kier alpha value is -0.900. The summed E-state index contributed by atoms with van der Waals surface area (Å²) in [5, 5.41) is 3.15. The van der Waals surface area contributed by atoms with Crippen molar-refractivity contribution in [2.45, 2.75) is 84.6 Å². The Morgan fingerprint density at radius 1 is 0.963 bits per heavy atom. The molecule has 5 unspecified atom stereocenters. The first-order chi connectivity index (χ1) is 12.8. The maximum Gasteiger partial charge on any atom is 0.233 e. The van der Waals surface area contributed by atoms with Gasteiger partial charge in [-0.2, -0.15) is 0 Å². The Morgan fingerprint density at radius 3 is 2.37 bits per heavy atom. The van der Waals surface area contributed by atoms with Gasteiger partial charge in [0.25, 0.3) is 0 Å². The molecule has 0 radical (unpaired) electrons. The molecule has 4 rings (SSSR count). The fourth-order valence-corrected chi connectivity index (χ4v) is 8.34. The number of Topliss-reactive ketones (excluding diaryl/α,β-unsaturated/α-hetero) is 1. The van der Waals surface area contributed by atoms with E-state index in [9.17, 15) is 9.59 Å². The van der Waals surface area contributed by atoms with Gasteiger partial charge in [-0.3, -0.25) is 9.59 Å². The number of rotatable bonds is 3. The van der Waals surface area contributed by atoms with Crippen LogP contribution in [0.15, 0.2) is 0 Å². The van der Waals surface area contributed by atoms with E-state index < -0.39 is 0 Å². The highest BCUT2D eigenvalue weighted by Gasteiger charge is 2.60. The van der Waals surface area contributed by atoms with Crippen molar-refractivity contribution in [2.24, 2.45) is 46.2 Å². The second kappa shape index (κ2) is 6.86. The van der Waals surface area contributed by atoms with Crippen LogP contribution in [0.3, 0.4) is 0 Å². The number of carbonyl (C=O) groups excluding carboxylic acids is 2. The predicted molar refractivity (Wildman–Crippen MR) is 107 cm³/mol. The molecule has 152 valence electrons. The van der Waals surface area contributed by atoms with E-state index >= 15 is 0 Å². The molecule has 0 saturated heterocycles. The van der Waals surface area contributed by atoms with Crippen molar-refractivity contribution in [3.05, 3.63) is 0 Å². The topological polar surface area (TPSA) is 72.2 Å². The molecule has 0 heterocycles. The summed E-state index contributed by atoms with van der Waals surface area (Å²) in [7, 11) is 0. The zero-order chi connectivity index (χ0) is 19.4. The zero-order valence-electron chi connectivity index (χ0n) is 17.4. The first-order valence-electron chi connectivity index (χ1n) is 11.3. The normalized spacial score (nSPS) is 48.9. The monoisotopic (exact) mass is 374 g/mol. The molecule has 8 atom stereocenters. The minimum Gasteiger partial charge on any atom is -0.352 e. The molecule has 4 fully saturated rings. The standard InChI is InChI=1S/C23H38N2O2/c1-14(26)18-6-7-19-17-5-4-15-12-16(25-21(27)13-24)8-10-22(15,2)20(17)9-11-23(18,19)3/h15-20H,4-13,24H2,1-3H3,(H,25,27)/t15-,16+,17?,18+,19?,20?,22?,23?/m0/s1. The predicted octanol–water partition coefficient (Wildman–Crippen LogP) is 3.68. The molecule has 3 N–H and O–H groups in total. The van der Waals surface area contributed by atoms with Gasteiger partial charge >= 0.3 is 0 Å². The van der Waals surface area contributed by atoms with Crippen molar-refractivity contribution in [1.82, 2.24) is 5.32 Å². The molecule has 4 heteroatoms. The lowest BCUT2D eigenvalue weighted by atomic mass is 9.44. The van der Waals surface area contributed by atoms with Crippen molar-refractivity contribution in [2.75, 3.05) is 6.54 Å². The fraction of sp³-hybridized carbons (Fsp3) is 0.913. The van der Waals surface area contributed by atoms with Crippen LogP contribution in [0.1, 0.15) is 78.6 Å². The molecule has 27 heavy (non-hydrogen) atoms. The summed E-state index contributed by atoms with van der Waals surface area (Å²) in [6.45, 7) is 6.90. The summed E-state index contributed by atoms with van der Waals surface area (Å²) in [6.07, 6.45) is 11.0. The maximum atomic E-state index is 12.3. The van der Waals surface area contributed by atoms with E-state index in [1.54, 1.807) is 0 Å². The summed E-state index contributed by atoms with van der Waals surface area (Å²) in [5.74, 6) is 3.82. The Bertz CT molecular complexity index is 619. The van der Waals surface area contributed by atoms with Gasteiger partial charge in [-0.05, 0) is 99.2 Å². The molecule has 4 aliphatic rings. The number of nitrogens with two attached hydrogens (primary N) is 1. The van der Waals surface area contributed by atoms with Crippen molar-refractivity contribution in [3.63, 3.8) is 0 Å². The molecule has 0 aromatic carbocycles. The summed E-state index contributed by atoms with van der Waals surface area (Å²) in [4.78, 5) is 24.0. The lowest BCUT2D eigenvalue weighted by molar-refractivity contribution is -0.135. The van der Waals surface area contributed by atoms with E-state index in [-0.39, 0.29) is 17.9 Å². The number of ketones is 1. The molecule has 0 aromatic rings. The first-order valence-corrected chi connectivity index (χ1v) is 11.3. The van der Waals surface area contributed by atoms with Gasteiger partial charge in [0.15, 0.2) is 0 Å². The summed E-state index contributed by atoms with van der Waals surface area (Å²) < 4.78 is 0. The molecular formula is C23H38N2O2. The van der Waals surface area contributed by atoms with Crippen LogP contribution in [-0.4, -0.2) is 24.3 Å². The van der Waals surface area contributed by atoms with Crippen LogP contribution in [-0.2, 0) is 9.59 Å². The van der Waals surface area contributed by atoms with Crippen LogP contribution in [0.25, 0.3) is 0 Å². The number of amides is 1. The highest BCUT2D eigenvalue weighted by atomic mass is 16.2. The van der Waals surface area contributed by atoms with E-state index in [4.69, 9.17) is 5.73 Å². The van der Waals surface area contributed by atoms with E-state index in [0.29, 0.717) is 23.2 Å².